The third-order valence-electron chi connectivity index (χ3n) is 3.15. The molecule has 1 aliphatic carbocycles. The van der Waals surface area contributed by atoms with Crippen molar-refractivity contribution in [2.75, 3.05) is 0 Å². The Hall–Kier alpha value is -0.530. The van der Waals surface area contributed by atoms with E-state index < -0.39 is 0 Å². The normalized spacial score (nSPS) is 9.75. The van der Waals surface area contributed by atoms with Crippen LogP contribution in [0.4, 0.5) is 0 Å². The summed E-state index contributed by atoms with van der Waals surface area (Å²) in [5.41, 5.74) is 2.73. The topological polar surface area (TPSA) is 0 Å². The largest absolute Gasteiger partial charge is 4.00 e. The summed E-state index contributed by atoms with van der Waals surface area (Å²) in [6.45, 7) is 4.31. The van der Waals surface area contributed by atoms with Gasteiger partial charge in [-0.15, -0.1) is 47.7 Å². The Morgan fingerprint density at radius 1 is 0.917 bits per heavy atom. The molecule has 0 aliphatic heterocycles. The van der Waals surface area contributed by atoms with E-state index in [1.54, 1.807) is 0 Å². The van der Waals surface area contributed by atoms with E-state index in [2.05, 4.69) is 92.0 Å². The second-order valence-corrected chi connectivity index (χ2v) is 5.88. The Morgan fingerprint density at radius 2 is 1.54 bits per heavy atom. The van der Waals surface area contributed by atoms with E-state index >= 15 is 0 Å². The van der Waals surface area contributed by atoms with Gasteiger partial charge in [0, 0.05) is 9.52 Å². The van der Waals surface area contributed by atoms with Crippen LogP contribution in [-0.4, -0.2) is 9.52 Å². The standard InChI is InChI=1S/2C9H7.C2H6Si.2ClH.Zr/c2*1-2-5-9-7-3-6-8(9)4-1;1-3-2;;;/h1-2,4-6H,7H2;1-7H;1-2H3;2*1H;/q2*-1;;;;+4/p-2. The van der Waals surface area contributed by atoms with E-state index in [0.29, 0.717) is 0 Å². The maximum absolute atomic E-state index is 3.16. The second kappa shape index (κ2) is 14.8. The van der Waals surface area contributed by atoms with Crippen LogP contribution in [-0.2, 0) is 32.6 Å². The maximum atomic E-state index is 3.16. The zero-order valence-electron chi connectivity index (χ0n) is 13.9. The molecule has 1 aliphatic rings. The molecule has 0 nitrogen and oxygen atoms in total. The average Bonchev–Trinajstić information content (AvgIpc) is 3.17. The van der Waals surface area contributed by atoms with Gasteiger partial charge < -0.3 is 24.8 Å². The van der Waals surface area contributed by atoms with Crippen LogP contribution in [0.2, 0.25) is 13.1 Å². The van der Waals surface area contributed by atoms with Crippen molar-refractivity contribution in [3.8, 4) is 0 Å². The van der Waals surface area contributed by atoms with Gasteiger partial charge in [-0.2, -0.15) is 23.1 Å². The molecule has 0 heterocycles. The smallest absolute Gasteiger partial charge is 1.00 e. The van der Waals surface area contributed by atoms with Crippen LogP contribution in [0, 0.1) is 6.08 Å². The Balaban J connectivity index is 0. The van der Waals surface area contributed by atoms with Gasteiger partial charge in [0.1, 0.15) is 0 Å². The molecular weight excluding hydrogens is 430 g/mol. The van der Waals surface area contributed by atoms with Crippen molar-refractivity contribution in [2.45, 2.75) is 19.5 Å². The number of allylic oxidation sites excluding steroid dienone is 1. The van der Waals surface area contributed by atoms with Crippen molar-refractivity contribution in [1.29, 1.82) is 0 Å². The van der Waals surface area contributed by atoms with Crippen molar-refractivity contribution >= 4 is 26.4 Å². The molecule has 0 spiro atoms. The molecule has 2 radical (unpaired) electrons. The zero-order valence-corrected chi connectivity index (χ0v) is 18.9. The monoisotopic (exact) mass is 448 g/mol. The van der Waals surface area contributed by atoms with Crippen LogP contribution >= 0.6 is 0 Å². The third kappa shape index (κ3) is 8.03. The molecule has 0 saturated heterocycles. The van der Waals surface area contributed by atoms with Gasteiger partial charge in [-0.3, -0.25) is 6.08 Å². The molecule has 0 bridgehead atoms. The van der Waals surface area contributed by atoms with Crippen molar-refractivity contribution in [1.82, 2.24) is 0 Å². The number of hydrogen-bond acceptors (Lipinski definition) is 0. The number of rotatable bonds is 0. The van der Waals surface area contributed by atoms with E-state index in [9.17, 15) is 0 Å². The van der Waals surface area contributed by atoms with E-state index in [4.69, 9.17) is 0 Å². The maximum Gasteiger partial charge on any atom is 4.00 e. The van der Waals surface area contributed by atoms with Gasteiger partial charge in [0.05, 0.1) is 0 Å². The van der Waals surface area contributed by atoms with Crippen molar-refractivity contribution in [3.63, 3.8) is 0 Å². The molecule has 0 fully saturated rings. The number of fused-ring (bicyclic) bond motifs is 2. The van der Waals surface area contributed by atoms with Gasteiger partial charge >= 0.3 is 26.2 Å². The minimum atomic E-state index is 0. The summed E-state index contributed by atoms with van der Waals surface area (Å²) in [6.07, 6.45) is 6.21. The molecule has 0 aromatic heterocycles. The molecule has 122 valence electrons. The summed E-state index contributed by atoms with van der Waals surface area (Å²) in [7, 11) is 1.08. The predicted octanol–water partition coefficient (Wildman–Crippen LogP) is -0.590. The fourth-order valence-electron chi connectivity index (χ4n) is 2.18. The molecule has 3 aromatic rings. The van der Waals surface area contributed by atoms with Gasteiger partial charge in [0.15, 0.2) is 0 Å². The quantitative estimate of drug-likeness (QED) is 0.317. The molecule has 3 aromatic carbocycles. The first-order valence-electron chi connectivity index (χ1n) is 7.18. The first-order valence-corrected chi connectivity index (χ1v) is 9.18. The van der Waals surface area contributed by atoms with Gasteiger partial charge in [0.25, 0.3) is 0 Å². The van der Waals surface area contributed by atoms with E-state index in [-0.39, 0.29) is 51.0 Å². The average molecular weight is 451 g/mol. The Kier molecular flexibility index (Phi) is 15.8. The number of benzene rings is 2. The van der Waals surface area contributed by atoms with Crippen LogP contribution < -0.4 is 24.8 Å². The zero-order chi connectivity index (χ0) is 14.9. The van der Waals surface area contributed by atoms with E-state index in [1.165, 1.54) is 21.9 Å². The van der Waals surface area contributed by atoms with Crippen molar-refractivity contribution in [2.24, 2.45) is 0 Å². The van der Waals surface area contributed by atoms with Crippen LogP contribution in [0.1, 0.15) is 11.1 Å². The summed E-state index contributed by atoms with van der Waals surface area (Å²) in [5.74, 6) is 0. The van der Waals surface area contributed by atoms with Crippen LogP contribution in [0.25, 0.3) is 16.8 Å². The SMILES string of the molecule is C[Si]C.[C-]1=Cc2ccccc2C1.[Cl-].[Cl-].[Zr+4].c1ccc2[cH-]ccc2c1. The van der Waals surface area contributed by atoms with Crippen molar-refractivity contribution in [3.05, 3.63) is 83.9 Å². The van der Waals surface area contributed by atoms with Gasteiger partial charge in [-0.25, -0.2) is 6.08 Å². The van der Waals surface area contributed by atoms with Gasteiger partial charge in [-0.05, 0) is 0 Å². The fraction of sp³-hybridized carbons (Fsp3) is 0.150. The van der Waals surface area contributed by atoms with E-state index in [1.807, 2.05) is 0 Å². The molecule has 0 N–H and O–H groups in total. The number of halogens is 2. The summed E-state index contributed by atoms with van der Waals surface area (Å²) >= 11 is 0. The summed E-state index contributed by atoms with van der Waals surface area (Å²) < 4.78 is 0. The Morgan fingerprint density at radius 3 is 2.21 bits per heavy atom. The molecular formula is C20H20Cl2SiZr. The van der Waals surface area contributed by atoms with E-state index in [0.717, 1.165) is 15.9 Å². The molecule has 24 heavy (non-hydrogen) atoms. The van der Waals surface area contributed by atoms with Gasteiger partial charge in [-0.1, -0.05) is 37.4 Å². The first-order chi connectivity index (χ1) is 10.3. The Bertz CT molecular complexity index is 677. The van der Waals surface area contributed by atoms with Crippen LogP contribution in [0.5, 0.6) is 0 Å². The summed E-state index contributed by atoms with van der Waals surface area (Å²) in [6, 6.07) is 23.1. The summed E-state index contributed by atoms with van der Waals surface area (Å²) in [4.78, 5) is 0. The van der Waals surface area contributed by atoms with Crippen LogP contribution in [0.3, 0.4) is 0 Å². The number of hydrogen-bond donors (Lipinski definition) is 0. The summed E-state index contributed by atoms with van der Waals surface area (Å²) in [5, 5.41) is 2.66. The van der Waals surface area contributed by atoms with Crippen LogP contribution in [0.15, 0.2) is 66.7 Å². The minimum Gasteiger partial charge on any atom is -1.00 e. The predicted molar refractivity (Wildman–Crippen MR) is 94.9 cm³/mol. The molecule has 0 unspecified atom stereocenters. The Labute approximate surface area is 179 Å². The second-order valence-electron chi connectivity index (χ2n) is 4.88. The third-order valence-corrected chi connectivity index (χ3v) is 3.15. The molecule has 0 amide bonds. The van der Waals surface area contributed by atoms with Crippen molar-refractivity contribution < 1.29 is 51.0 Å². The van der Waals surface area contributed by atoms with Gasteiger partial charge in [0.2, 0.25) is 0 Å². The minimum absolute atomic E-state index is 0. The first kappa shape index (κ1) is 25.7. The molecule has 0 atom stereocenters. The molecule has 4 heteroatoms. The molecule has 4 rings (SSSR count). The molecule has 0 saturated carbocycles. The fourth-order valence-corrected chi connectivity index (χ4v) is 2.18.